The maximum Gasteiger partial charge on any atom is 0.335 e. The van der Waals surface area contributed by atoms with Crippen molar-refractivity contribution >= 4 is 29.9 Å². The molecule has 0 aromatic carbocycles. The van der Waals surface area contributed by atoms with Gasteiger partial charge in [0.2, 0.25) is 18.1 Å². The molecule has 2 heterocycles. The SMILES string of the molecule is CC(Nc1ncccc1C(O[Si](C)C(C)(C)C)O[Si](C)C(C)(C)C)=C1CCOC1=O. The number of cyclic esters (lactones) is 1. The van der Waals surface area contributed by atoms with Crippen molar-refractivity contribution in [2.24, 2.45) is 0 Å². The van der Waals surface area contributed by atoms with Gasteiger partial charge in [-0.15, -0.1) is 0 Å². The Morgan fingerprint density at radius 3 is 2.17 bits per heavy atom. The number of anilines is 1. The summed E-state index contributed by atoms with van der Waals surface area (Å²) in [6, 6.07) is 3.88. The number of carbonyl (C=O) groups excluding carboxylic acids is 1. The van der Waals surface area contributed by atoms with Gasteiger partial charge in [0, 0.05) is 23.9 Å². The molecular weight excluding hydrogens is 412 g/mol. The molecule has 1 aliphatic rings. The molecule has 0 aliphatic carbocycles. The highest BCUT2D eigenvalue weighted by Crippen LogP contribution is 2.37. The van der Waals surface area contributed by atoms with E-state index in [4.69, 9.17) is 13.6 Å². The van der Waals surface area contributed by atoms with Crippen molar-refractivity contribution in [3.63, 3.8) is 0 Å². The molecule has 1 fully saturated rings. The van der Waals surface area contributed by atoms with Gasteiger partial charge in [-0.3, -0.25) is 0 Å². The van der Waals surface area contributed by atoms with Crippen molar-refractivity contribution in [3.05, 3.63) is 35.2 Å². The highest BCUT2D eigenvalue weighted by atomic mass is 28.3. The van der Waals surface area contributed by atoms with E-state index in [0.29, 0.717) is 24.4 Å². The molecule has 0 saturated carbocycles. The minimum absolute atomic E-state index is 0.0654. The zero-order chi connectivity index (χ0) is 22.7. The fraction of sp³-hybridized carbons (Fsp3) is 0.636. The van der Waals surface area contributed by atoms with E-state index in [1.165, 1.54) is 0 Å². The number of pyridine rings is 1. The topological polar surface area (TPSA) is 69.7 Å². The molecule has 8 heteroatoms. The van der Waals surface area contributed by atoms with Crippen molar-refractivity contribution < 1.29 is 18.4 Å². The maximum absolute atomic E-state index is 12.0. The number of ether oxygens (including phenoxy) is 1. The zero-order valence-electron chi connectivity index (χ0n) is 19.8. The van der Waals surface area contributed by atoms with Gasteiger partial charge in [-0.2, -0.15) is 0 Å². The molecule has 1 N–H and O–H groups in total. The lowest BCUT2D eigenvalue weighted by Gasteiger charge is -2.34. The minimum Gasteiger partial charge on any atom is -0.462 e. The number of nitrogens with zero attached hydrogens (tertiary/aromatic N) is 1. The monoisotopic (exact) mass is 448 g/mol. The van der Waals surface area contributed by atoms with E-state index in [2.05, 4.69) is 64.9 Å². The first kappa shape index (κ1) is 24.8. The first-order valence-corrected chi connectivity index (χ1v) is 14.2. The maximum atomic E-state index is 12.0. The van der Waals surface area contributed by atoms with Crippen LogP contribution in [-0.2, 0) is 18.4 Å². The number of nitrogens with one attached hydrogen (secondary N) is 1. The van der Waals surface area contributed by atoms with Crippen LogP contribution in [0.2, 0.25) is 23.2 Å². The van der Waals surface area contributed by atoms with E-state index in [0.717, 1.165) is 11.3 Å². The van der Waals surface area contributed by atoms with Crippen molar-refractivity contribution in [1.82, 2.24) is 4.98 Å². The van der Waals surface area contributed by atoms with Gasteiger partial charge in [-0.1, -0.05) is 41.5 Å². The predicted molar refractivity (Wildman–Crippen MR) is 124 cm³/mol. The number of aromatic nitrogens is 1. The summed E-state index contributed by atoms with van der Waals surface area (Å²) in [7, 11) is -2.32. The van der Waals surface area contributed by atoms with Crippen LogP contribution in [0.1, 0.15) is 66.7 Å². The van der Waals surface area contributed by atoms with Crippen LogP contribution in [0.3, 0.4) is 0 Å². The van der Waals surface area contributed by atoms with Crippen molar-refractivity contribution in [1.29, 1.82) is 0 Å². The number of carbonyl (C=O) groups is 1. The van der Waals surface area contributed by atoms with Gasteiger partial charge in [0.25, 0.3) is 0 Å². The van der Waals surface area contributed by atoms with Crippen LogP contribution in [0, 0.1) is 0 Å². The van der Waals surface area contributed by atoms with Crippen molar-refractivity contribution in [3.8, 4) is 0 Å². The second kappa shape index (κ2) is 9.76. The summed E-state index contributed by atoms with van der Waals surface area (Å²) in [5.74, 6) is 0.389. The summed E-state index contributed by atoms with van der Waals surface area (Å²) in [4.78, 5) is 16.5. The predicted octanol–water partition coefficient (Wildman–Crippen LogP) is 5.59. The van der Waals surface area contributed by atoms with Gasteiger partial charge < -0.3 is 18.9 Å². The second-order valence-electron chi connectivity index (χ2n) is 9.74. The molecular formula is C22H36N2O4Si2. The summed E-state index contributed by atoms with van der Waals surface area (Å²) in [5.41, 5.74) is 2.27. The Hall–Kier alpha value is -1.49. The third-order valence-corrected chi connectivity index (χ3v) is 10.7. The van der Waals surface area contributed by atoms with Crippen LogP contribution in [0.4, 0.5) is 5.82 Å². The molecule has 0 bridgehead atoms. The lowest BCUT2D eigenvalue weighted by Crippen LogP contribution is -2.34. The molecule has 0 amide bonds. The average Bonchev–Trinajstić information content (AvgIpc) is 3.06. The number of hydrogen-bond donors (Lipinski definition) is 1. The summed E-state index contributed by atoms with van der Waals surface area (Å²) in [5, 5.41) is 3.45. The molecule has 1 aromatic heterocycles. The fourth-order valence-corrected chi connectivity index (χ4v) is 4.36. The Bertz CT molecular complexity index is 762. The quantitative estimate of drug-likeness (QED) is 0.254. The molecule has 0 spiro atoms. The van der Waals surface area contributed by atoms with Crippen molar-refractivity contribution in [2.45, 2.75) is 84.3 Å². The largest absolute Gasteiger partial charge is 0.462 e. The van der Waals surface area contributed by atoms with Crippen molar-refractivity contribution in [2.75, 3.05) is 11.9 Å². The minimum atomic E-state index is -1.16. The van der Waals surface area contributed by atoms with Gasteiger partial charge in [0.1, 0.15) is 5.82 Å². The van der Waals surface area contributed by atoms with Crippen LogP contribution in [0.15, 0.2) is 29.6 Å². The Kier molecular flexibility index (Phi) is 8.06. The van der Waals surface area contributed by atoms with Gasteiger partial charge >= 0.3 is 5.97 Å². The van der Waals surface area contributed by atoms with Crippen LogP contribution < -0.4 is 5.32 Å². The number of allylic oxidation sites excluding steroid dienone is 1. The van der Waals surface area contributed by atoms with Gasteiger partial charge in [-0.25, -0.2) is 9.78 Å². The van der Waals surface area contributed by atoms with Gasteiger partial charge in [0.05, 0.1) is 12.2 Å². The number of esters is 1. The number of hydrogen-bond acceptors (Lipinski definition) is 6. The molecule has 1 aromatic rings. The van der Waals surface area contributed by atoms with Gasteiger partial charge in [-0.05, 0) is 42.2 Å². The van der Waals surface area contributed by atoms with Crippen LogP contribution in [0.25, 0.3) is 0 Å². The summed E-state index contributed by atoms with van der Waals surface area (Å²) in [6.07, 6.45) is 1.83. The molecule has 2 radical (unpaired) electrons. The Labute approximate surface area is 184 Å². The Morgan fingerprint density at radius 1 is 1.13 bits per heavy atom. The summed E-state index contributed by atoms with van der Waals surface area (Å²) in [6.45, 7) is 19.8. The molecule has 1 saturated heterocycles. The van der Waals surface area contributed by atoms with Crippen LogP contribution in [0.5, 0.6) is 0 Å². The van der Waals surface area contributed by atoms with E-state index in [1.54, 1.807) is 6.20 Å². The smallest absolute Gasteiger partial charge is 0.335 e. The van der Waals surface area contributed by atoms with Crippen LogP contribution in [-0.4, -0.2) is 35.6 Å². The first-order chi connectivity index (χ1) is 13.8. The third-order valence-electron chi connectivity index (χ3n) is 5.36. The fourth-order valence-electron chi connectivity index (χ4n) is 2.57. The van der Waals surface area contributed by atoms with Gasteiger partial charge in [0.15, 0.2) is 6.29 Å². The Morgan fingerprint density at radius 2 is 1.70 bits per heavy atom. The highest BCUT2D eigenvalue weighted by Gasteiger charge is 2.34. The lowest BCUT2D eigenvalue weighted by molar-refractivity contribution is -0.135. The average molecular weight is 449 g/mol. The zero-order valence-corrected chi connectivity index (χ0v) is 21.8. The van der Waals surface area contributed by atoms with E-state index >= 15 is 0 Å². The molecule has 1 aliphatic heterocycles. The highest BCUT2D eigenvalue weighted by molar-refractivity contribution is 6.55. The second-order valence-corrected chi connectivity index (χ2v) is 15.4. The summed E-state index contributed by atoms with van der Waals surface area (Å²) >= 11 is 0. The van der Waals surface area contributed by atoms with E-state index in [1.807, 2.05) is 19.1 Å². The lowest BCUT2D eigenvalue weighted by atomic mass is 10.1. The molecule has 30 heavy (non-hydrogen) atoms. The van der Waals surface area contributed by atoms with Crippen LogP contribution >= 0.6 is 0 Å². The molecule has 0 unspecified atom stereocenters. The standard InChI is InChI=1S/C22H36N2O4Si2/c1-15(16-12-14-26-19(16)25)24-18-17(11-10-13-23-18)20(27-29(8)21(2,3)4)28-30(9)22(5,6)7/h10-11,13,20H,12,14H2,1-9H3,(H,23,24). The molecule has 0 atom stereocenters. The third kappa shape index (κ3) is 6.50. The normalized spacial score (nSPS) is 17.1. The first-order valence-electron chi connectivity index (χ1n) is 10.4. The number of rotatable bonds is 7. The molecule has 2 rings (SSSR count). The molecule has 6 nitrogen and oxygen atoms in total. The van der Waals surface area contributed by atoms with E-state index in [9.17, 15) is 4.79 Å². The molecule has 166 valence electrons. The van der Waals surface area contributed by atoms with E-state index < -0.39 is 24.4 Å². The Balaban J connectivity index is 2.39. The summed E-state index contributed by atoms with van der Waals surface area (Å²) < 4.78 is 18.2. The van der Waals surface area contributed by atoms with E-state index in [-0.39, 0.29) is 16.0 Å².